The summed E-state index contributed by atoms with van der Waals surface area (Å²) in [5, 5.41) is 16.9. The summed E-state index contributed by atoms with van der Waals surface area (Å²) in [5.74, 6) is 0.0617. The molecule has 11 heteroatoms. The number of halogens is 2. The van der Waals surface area contributed by atoms with Crippen LogP contribution in [0.5, 0.6) is 5.75 Å². The van der Waals surface area contributed by atoms with Gasteiger partial charge < -0.3 is 30.1 Å². The second-order valence-corrected chi connectivity index (χ2v) is 13.2. The Morgan fingerprint density at radius 3 is 2.49 bits per heavy atom. The number of amides is 3. The Morgan fingerprint density at radius 1 is 1.02 bits per heavy atom. The minimum Gasteiger partial charge on any atom is -0.490 e. The number of hydrogen-bond donors (Lipinski definition) is 3. The average molecular weight is 686 g/mol. The molecular weight excluding hydrogens is 639 g/mol. The monoisotopic (exact) mass is 684 g/mol. The molecule has 0 bridgehead atoms. The summed E-state index contributed by atoms with van der Waals surface area (Å²) in [5.41, 5.74) is 2.44. The number of aliphatic hydroxyl groups is 1. The molecule has 4 rings (SSSR count). The number of rotatable bonds is 8. The Morgan fingerprint density at radius 2 is 1.77 bits per heavy atom. The van der Waals surface area contributed by atoms with Crippen LogP contribution in [0.1, 0.15) is 56.0 Å². The molecular formula is C36H46Cl2N4O5. The molecule has 0 spiro atoms. The standard InChI is InChI=1S/C36H46Cl2N4O5/c1-24-20-42(25(2)23-43)35(44)30-19-29(40-36(45)39-28-11-6-5-7-12-28)14-16-33(30)47-26(3)10-8-9-17-46-34(24)22-41(4)21-27-13-15-31(37)32(38)18-27/h5-7,11-16,18-19,24-26,34,43H,8-10,17,20-23H2,1-4H3,(H2,39,40,45)/t24-,25-,26-,34+/m0/s1. The van der Waals surface area contributed by atoms with Gasteiger partial charge in [-0.25, -0.2) is 4.79 Å². The molecule has 1 aliphatic rings. The number of ether oxygens (including phenoxy) is 2. The van der Waals surface area contributed by atoms with Crippen LogP contribution in [0, 0.1) is 5.92 Å². The van der Waals surface area contributed by atoms with Gasteiger partial charge in [-0.15, -0.1) is 0 Å². The van der Waals surface area contributed by atoms with E-state index in [4.69, 9.17) is 32.7 Å². The third-order valence-electron chi connectivity index (χ3n) is 8.27. The molecule has 47 heavy (non-hydrogen) atoms. The number of urea groups is 1. The Kier molecular flexibility index (Phi) is 13.8. The van der Waals surface area contributed by atoms with Gasteiger partial charge in [0, 0.05) is 43.5 Å². The number of carbonyl (C=O) groups is 2. The molecule has 0 radical (unpaired) electrons. The highest BCUT2D eigenvalue weighted by atomic mass is 35.5. The Labute approximate surface area is 288 Å². The fourth-order valence-electron chi connectivity index (χ4n) is 5.60. The average Bonchev–Trinajstić information content (AvgIpc) is 3.04. The Hall–Kier alpha value is -3.34. The van der Waals surface area contributed by atoms with Crippen molar-refractivity contribution in [2.45, 2.75) is 64.8 Å². The van der Waals surface area contributed by atoms with E-state index in [1.165, 1.54) is 0 Å². The van der Waals surface area contributed by atoms with Crippen LogP contribution in [-0.4, -0.2) is 78.4 Å². The van der Waals surface area contributed by atoms with E-state index in [0.717, 1.165) is 24.8 Å². The van der Waals surface area contributed by atoms with Gasteiger partial charge in [0.25, 0.3) is 5.91 Å². The third-order valence-corrected chi connectivity index (χ3v) is 9.01. The molecule has 3 amide bonds. The summed E-state index contributed by atoms with van der Waals surface area (Å²) >= 11 is 12.4. The molecule has 0 aliphatic carbocycles. The molecule has 254 valence electrons. The van der Waals surface area contributed by atoms with E-state index < -0.39 is 12.1 Å². The first-order chi connectivity index (χ1) is 22.5. The van der Waals surface area contributed by atoms with E-state index >= 15 is 0 Å². The van der Waals surface area contributed by atoms with Crippen LogP contribution in [0.3, 0.4) is 0 Å². The second kappa shape index (κ2) is 17.7. The van der Waals surface area contributed by atoms with Crippen LogP contribution in [0.4, 0.5) is 16.2 Å². The van der Waals surface area contributed by atoms with Crippen molar-refractivity contribution in [3.63, 3.8) is 0 Å². The van der Waals surface area contributed by atoms with Gasteiger partial charge in [0.05, 0.1) is 40.5 Å². The maximum atomic E-state index is 14.3. The molecule has 4 atom stereocenters. The number of carbonyl (C=O) groups excluding carboxylic acids is 2. The van der Waals surface area contributed by atoms with Gasteiger partial charge in [-0.1, -0.05) is 54.4 Å². The van der Waals surface area contributed by atoms with Gasteiger partial charge in [-0.2, -0.15) is 0 Å². The molecule has 1 heterocycles. The highest BCUT2D eigenvalue weighted by Gasteiger charge is 2.30. The summed E-state index contributed by atoms with van der Waals surface area (Å²) in [6.07, 6.45) is 2.22. The molecule has 0 fully saturated rings. The zero-order chi connectivity index (χ0) is 33.9. The van der Waals surface area contributed by atoms with Crippen molar-refractivity contribution in [3.8, 4) is 5.75 Å². The molecule has 0 aromatic heterocycles. The number of aliphatic hydroxyl groups excluding tert-OH is 1. The number of anilines is 2. The largest absolute Gasteiger partial charge is 0.490 e. The minimum atomic E-state index is -0.476. The molecule has 3 aromatic rings. The van der Waals surface area contributed by atoms with Crippen LogP contribution in [0.2, 0.25) is 10.0 Å². The summed E-state index contributed by atoms with van der Waals surface area (Å²) in [6, 6.07) is 18.9. The smallest absolute Gasteiger partial charge is 0.323 e. The van der Waals surface area contributed by atoms with Crippen molar-refractivity contribution in [2.24, 2.45) is 5.92 Å². The van der Waals surface area contributed by atoms with Gasteiger partial charge in [-0.05, 0) is 88.2 Å². The van der Waals surface area contributed by atoms with Gasteiger partial charge in [0.2, 0.25) is 0 Å². The lowest BCUT2D eigenvalue weighted by Crippen LogP contribution is -2.47. The van der Waals surface area contributed by atoms with Crippen LogP contribution in [0.25, 0.3) is 0 Å². The maximum absolute atomic E-state index is 14.3. The van der Waals surface area contributed by atoms with Crippen molar-refractivity contribution < 1.29 is 24.2 Å². The van der Waals surface area contributed by atoms with E-state index in [-0.39, 0.29) is 30.6 Å². The zero-order valence-electron chi connectivity index (χ0n) is 27.5. The first-order valence-corrected chi connectivity index (χ1v) is 16.9. The second-order valence-electron chi connectivity index (χ2n) is 12.4. The molecule has 3 N–H and O–H groups in total. The van der Waals surface area contributed by atoms with E-state index in [1.54, 1.807) is 41.3 Å². The quantitative estimate of drug-likeness (QED) is 0.226. The fourth-order valence-corrected chi connectivity index (χ4v) is 5.92. The van der Waals surface area contributed by atoms with Gasteiger partial charge in [0.15, 0.2) is 0 Å². The fraction of sp³-hybridized carbons (Fsp3) is 0.444. The van der Waals surface area contributed by atoms with Crippen molar-refractivity contribution in [1.82, 2.24) is 9.80 Å². The van der Waals surface area contributed by atoms with E-state index in [2.05, 4.69) is 22.5 Å². The van der Waals surface area contributed by atoms with Gasteiger partial charge >= 0.3 is 6.03 Å². The number of nitrogens with one attached hydrogen (secondary N) is 2. The Balaban J connectivity index is 1.58. The number of benzene rings is 3. The summed E-state index contributed by atoms with van der Waals surface area (Å²) in [4.78, 5) is 31.0. The summed E-state index contributed by atoms with van der Waals surface area (Å²) in [7, 11) is 2.03. The van der Waals surface area contributed by atoms with Crippen molar-refractivity contribution in [1.29, 1.82) is 0 Å². The predicted molar refractivity (Wildman–Crippen MR) is 189 cm³/mol. The number of para-hydroxylation sites is 1. The highest BCUT2D eigenvalue weighted by molar-refractivity contribution is 6.42. The molecule has 0 unspecified atom stereocenters. The number of nitrogens with zero attached hydrogens (tertiary/aromatic N) is 2. The third kappa shape index (κ3) is 10.8. The van der Waals surface area contributed by atoms with Crippen molar-refractivity contribution >= 4 is 46.5 Å². The van der Waals surface area contributed by atoms with Crippen LogP contribution < -0.4 is 15.4 Å². The van der Waals surface area contributed by atoms with Gasteiger partial charge in [0.1, 0.15) is 5.75 Å². The van der Waals surface area contributed by atoms with Gasteiger partial charge in [-0.3, -0.25) is 9.69 Å². The molecule has 0 saturated carbocycles. The lowest BCUT2D eigenvalue weighted by molar-refractivity contribution is -0.0177. The first-order valence-electron chi connectivity index (χ1n) is 16.1. The lowest BCUT2D eigenvalue weighted by atomic mass is 10.0. The summed E-state index contributed by atoms with van der Waals surface area (Å²) in [6.45, 7) is 7.85. The summed E-state index contributed by atoms with van der Waals surface area (Å²) < 4.78 is 12.8. The predicted octanol–water partition coefficient (Wildman–Crippen LogP) is 7.56. The van der Waals surface area contributed by atoms with Crippen molar-refractivity contribution in [2.75, 3.05) is 44.0 Å². The number of fused-ring (bicyclic) bond motifs is 1. The zero-order valence-corrected chi connectivity index (χ0v) is 29.1. The number of hydrogen-bond acceptors (Lipinski definition) is 6. The molecule has 0 saturated heterocycles. The normalized spacial score (nSPS) is 20.1. The van der Waals surface area contributed by atoms with E-state index in [0.29, 0.717) is 59.0 Å². The topological polar surface area (TPSA) is 103 Å². The lowest BCUT2D eigenvalue weighted by Gasteiger charge is -2.36. The van der Waals surface area contributed by atoms with Crippen LogP contribution in [-0.2, 0) is 11.3 Å². The van der Waals surface area contributed by atoms with Crippen LogP contribution >= 0.6 is 23.2 Å². The van der Waals surface area contributed by atoms with E-state index in [1.807, 2.05) is 51.2 Å². The minimum absolute atomic E-state index is 0.0756. The first kappa shape index (κ1) is 36.5. The molecule has 1 aliphatic heterocycles. The van der Waals surface area contributed by atoms with Crippen molar-refractivity contribution in [3.05, 3.63) is 87.9 Å². The highest BCUT2D eigenvalue weighted by Crippen LogP contribution is 2.29. The molecule has 9 nitrogen and oxygen atoms in total. The maximum Gasteiger partial charge on any atom is 0.323 e. The number of likely N-dealkylation sites (N-methyl/N-ethyl adjacent to an activating group) is 1. The molecule has 3 aromatic carbocycles. The van der Waals surface area contributed by atoms with Crippen LogP contribution in [0.15, 0.2) is 66.7 Å². The SMILES string of the molecule is C[C@H]1CCCCO[C@H](CN(C)Cc2ccc(Cl)c(Cl)c2)[C@@H](C)CN([C@@H](C)CO)C(=O)c2cc(NC(=O)Nc3ccccc3)ccc2O1. The Bertz CT molecular complexity index is 1480. The van der Waals surface area contributed by atoms with E-state index in [9.17, 15) is 14.7 Å².